The third-order valence-electron chi connectivity index (χ3n) is 3.50. The van der Waals surface area contributed by atoms with Crippen LogP contribution in [0.25, 0.3) is 0 Å². The van der Waals surface area contributed by atoms with E-state index in [1.807, 2.05) is 12.1 Å². The molecule has 1 aliphatic rings. The van der Waals surface area contributed by atoms with E-state index in [0.29, 0.717) is 10.6 Å². The van der Waals surface area contributed by atoms with Crippen molar-refractivity contribution in [2.24, 2.45) is 5.41 Å². The van der Waals surface area contributed by atoms with E-state index in [4.69, 9.17) is 11.6 Å². The van der Waals surface area contributed by atoms with Crippen LogP contribution in [-0.2, 0) is 9.84 Å². The van der Waals surface area contributed by atoms with Crippen molar-refractivity contribution < 1.29 is 8.42 Å². The highest BCUT2D eigenvalue weighted by Gasteiger charge is 2.72. The number of sulfone groups is 1. The quantitative estimate of drug-likeness (QED) is 0.856. The largest absolute Gasteiger partial charge is 0.228 e. The summed E-state index contributed by atoms with van der Waals surface area (Å²) in [4.78, 5) is 0. The Kier molecular flexibility index (Phi) is 3.30. The molecule has 0 N–H and O–H groups in total. The lowest BCUT2D eigenvalue weighted by Crippen LogP contribution is -2.15. The second kappa shape index (κ2) is 4.52. The van der Waals surface area contributed by atoms with Crippen molar-refractivity contribution in [3.05, 3.63) is 34.9 Å². The molecule has 19 heavy (non-hydrogen) atoms. The van der Waals surface area contributed by atoms with Gasteiger partial charge in [-0.1, -0.05) is 30.7 Å². The van der Waals surface area contributed by atoms with Crippen molar-refractivity contribution >= 4 is 21.4 Å². The zero-order chi connectivity index (χ0) is 14.3. The molecule has 2 atom stereocenters. The summed E-state index contributed by atoms with van der Waals surface area (Å²) in [5.41, 5.74) is -0.864. The number of nitrogens with zero attached hydrogens (tertiary/aromatic N) is 2. The average molecular weight is 295 g/mol. The summed E-state index contributed by atoms with van der Waals surface area (Å²) in [5, 5.41) is 17.9. The highest BCUT2D eigenvalue weighted by molar-refractivity contribution is 7.92. The van der Waals surface area contributed by atoms with E-state index < -0.39 is 26.4 Å². The molecule has 2 rings (SSSR count). The SMILES string of the molecule is CCS(=O)(=O)[C@H]1[C@H](c2cccc(Cl)c2)C1(C#N)C#N. The second-order valence-corrected chi connectivity index (χ2v) is 7.34. The molecule has 0 spiro atoms. The van der Waals surface area contributed by atoms with Gasteiger partial charge in [0.05, 0.1) is 12.1 Å². The Morgan fingerprint density at radius 3 is 2.47 bits per heavy atom. The fourth-order valence-corrected chi connectivity index (χ4v) is 4.54. The zero-order valence-electron chi connectivity index (χ0n) is 10.2. The molecule has 98 valence electrons. The molecule has 6 heteroatoms. The number of nitriles is 2. The van der Waals surface area contributed by atoms with Crippen LogP contribution in [0, 0.1) is 28.1 Å². The molecule has 0 unspecified atom stereocenters. The predicted molar refractivity (Wildman–Crippen MR) is 71.1 cm³/mol. The molecule has 1 aromatic carbocycles. The molecule has 0 saturated heterocycles. The molecule has 0 amide bonds. The Balaban J connectivity index is 2.53. The van der Waals surface area contributed by atoms with Gasteiger partial charge in [-0.2, -0.15) is 10.5 Å². The smallest absolute Gasteiger partial charge is 0.169 e. The number of hydrogen-bond acceptors (Lipinski definition) is 4. The van der Waals surface area contributed by atoms with E-state index >= 15 is 0 Å². The van der Waals surface area contributed by atoms with Crippen LogP contribution >= 0.6 is 11.6 Å². The Hall–Kier alpha value is -1.56. The summed E-state index contributed by atoms with van der Waals surface area (Å²) in [6.45, 7) is 1.52. The molecule has 1 aromatic rings. The summed E-state index contributed by atoms with van der Waals surface area (Å²) in [7, 11) is -3.46. The van der Waals surface area contributed by atoms with Crippen LogP contribution in [0.1, 0.15) is 18.4 Å². The molecule has 1 aliphatic carbocycles. The lowest BCUT2D eigenvalue weighted by molar-refractivity contribution is 0.592. The van der Waals surface area contributed by atoms with Gasteiger partial charge in [0.2, 0.25) is 0 Å². The van der Waals surface area contributed by atoms with Gasteiger partial charge in [0, 0.05) is 16.7 Å². The normalized spacial score (nSPS) is 24.2. The minimum atomic E-state index is -3.46. The second-order valence-electron chi connectivity index (χ2n) is 4.50. The molecule has 0 aliphatic heterocycles. The fourth-order valence-electron chi connectivity index (χ4n) is 2.46. The maximum Gasteiger partial charge on any atom is 0.169 e. The average Bonchev–Trinajstić information content (AvgIpc) is 3.09. The summed E-state index contributed by atoms with van der Waals surface area (Å²) in [5.74, 6) is -0.703. The summed E-state index contributed by atoms with van der Waals surface area (Å²) in [6.07, 6.45) is 0. The van der Waals surface area contributed by atoms with Crippen molar-refractivity contribution in [3.63, 3.8) is 0 Å². The molecule has 0 heterocycles. The first kappa shape index (κ1) is 13.9. The van der Waals surface area contributed by atoms with Crippen LogP contribution in [0.2, 0.25) is 5.02 Å². The van der Waals surface area contributed by atoms with Crippen LogP contribution < -0.4 is 0 Å². The molecule has 0 radical (unpaired) electrons. The first-order valence-corrected chi connectivity index (χ1v) is 7.82. The van der Waals surface area contributed by atoms with E-state index in [9.17, 15) is 18.9 Å². The molecule has 1 fully saturated rings. The highest BCUT2D eigenvalue weighted by Crippen LogP contribution is 2.62. The maximum atomic E-state index is 12.0. The third-order valence-corrected chi connectivity index (χ3v) is 5.96. The van der Waals surface area contributed by atoms with Crippen molar-refractivity contribution in [1.29, 1.82) is 10.5 Å². The number of benzene rings is 1. The van der Waals surface area contributed by atoms with Crippen molar-refractivity contribution in [2.45, 2.75) is 18.1 Å². The molecule has 1 saturated carbocycles. The lowest BCUT2D eigenvalue weighted by atomic mass is 10.0. The minimum absolute atomic E-state index is 0.0835. The molecule has 4 nitrogen and oxygen atoms in total. The van der Waals surface area contributed by atoms with E-state index in [0.717, 1.165) is 0 Å². The first-order valence-electron chi connectivity index (χ1n) is 5.72. The Bertz CT molecular complexity index is 686. The van der Waals surface area contributed by atoms with Gasteiger partial charge in [0.1, 0.15) is 5.25 Å². The van der Waals surface area contributed by atoms with Gasteiger partial charge in [0.25, 0.3) is 0 Å². The monoisotopic (exact) mass is 294 g/mol. The minimum Gasteiger partial charge on any atom is -0.228 e. The van der Waals surface area contributed by atoms with Gasteiger partial charge in [-0.3, -0.25) is 0 Å². The van der Waals surface area contributed by atoms with Crippen LogP contribution in [0.4, 0.5) is 0 Å². The first-order chi connectivity index (χ1) is 8.93. The Labute approximate surface area is 117 Å². The fraction of sp³-hybridized carbons (Fsp3) is 0.385. The van der Waals surface area contributed by atoms with E-state index in [1.165, 1.54) is 6.92 Å². The van der Waals surface area contributed by atoms with E-state index in [2.05, 4.69) is 0 Å². The lowest BCUT2D eigenvalue weighted by Gasteiger charge is -2.00. The van der Waals surface area contributed by atoms with E-state index in [-0.39, 0.29) is 5.75 Å². The van der Waals surface area contributed by atoms with Crippen LogP contribution in [0.15, 0.2) is 24.3 Å². The summed E-state index contributed by atoms with van der Waals surface area (Å²) >= 11 is 5.88. The van der Waals surface area contributed by atoms with Crippen molar-refractivity contribution in [3.8, 4) is 12.1 Å². The Morgan fingerprint density at radius 1 is 1.37 bits per heavy atom. The van der Waals surface area contributed by atoms with Crippen molar-refractivity contribution in [2.75, 3.05) is 5.75 Å². The van der Waals surface area contributed by atoms with Crippen LogP contribution in [0.3, 0.4) is 0 Å². The van der Waals surface area contributed by atoms with Gasteiger partial charge >= 0.3 is 0 Å². The van der Waals surface area contributed by atoms with Gasteiger partial charge in [-0.05, 0) is 17.7 Å². The maximum absolute atomic E-state index is 12.0. The molecular weight excluding hydrogens is 284 g/mol. The number of hydrogen-bond donors (Lipinski definition) is 0. The topological polar surface area (TPSA) is 81.7 Å². The van der Waals surface area contributed by atoms with Crippen LogP contribution in [-0.4, -0.2) is 19.4 Å². The van der Waals surface area contributed by atoms with Gasteiger partial charge in [-0.15, -0.1) is 0 Å². The van der Waals surface area contributed by atoms with Gasteiger partial charge in [-0.25, -0.2) is 8.42 Å². The van der Waals surface area contributed by atoms with Crippen LogP contribution in [0.5, 0.6) is 0 Å². The molecule has 0 aromatic heterocycles. The van der Waals surface area contributed by atoms with Crippen molar-refractivity contribution in [1.82, 2.24) is 0 Å². The predicted octanol–water partition coefficient (Wildman–Crippen LogP) is 2.27. The van der Waals surface area contributed by atoms with Gasteiger partial charge < -0.3 is 0 Å². The summed E-state index contributed by atoms with van der Waals surface area (Å²) < 4.78 is 24.1. The number of halogens is 1. The standard InChI is InChI=1S/C13H11ClN2O2S/c1-2-19(17,18)12-11(13(12,7-15)8-16)9-4-3-5-10(14)6-9/h3-6,11-12H,2H2,1H3/t11-,12-/m0/s1. The van der Waals surface area contributed by atoms with E-state index in [1.54, 1.807) is 24.3 Å². The third kappa shape index (κ3) is 2.00. The highest BCUT2D eigenvalue weighted by atomic mass is 35.5. The van der Waals surface area contributed by atoms with Gasteiger partial charge in [0.15, 0.2) is 15.3 Å². The molecule has 0 bridgehead atoms. The zero-order valence-corrected chi connectivity index (χ0v) is 11.7. The Morgan fingerprint density at radius 2 is 2.00 bits per heavy atom. The summed E-state index contributed by atoms with van der Waals surface area (Å²) in [6, 6.07) is 10.4. The number of rotatable bonds is 3. The molecular formula is C13H11ClN2O2S.